The van der Waals surface area contributed by atoms with Gasteiger partial charge in [0.25, 0.3) is 0 Å². The van der Waals surface area contributed by atoms with Crippen molar-refractivity contribution in [3.05, 3.63) is 22.7 Å². The number of aryl methyl sites for hydroxylation is 1. The maximum atomic E-state index is 11.9. The summed E-state index contributed by atoms with van der Waals surface area (Å²) >= 11 is 6.07. The Morgan fingerprint density at radius 3 is 2.76 bits per heavy atom. The monoisotopic (exact) mass is 310 g/mol. The molecule has 2 rings (SSSR count). The molecule has 1 aliphatic carbocycles. The number of hydrogen-bond donors (Lipinski definition) is 2. The van der Waals surface area contributed by atoms with Crippen molar-refractivity contribution in [2.75, 3.05) is 19.0 Å². The van der Waals surface area contributed by atoms with Crippen LogP contribution in [0.15, 0.2) is 12.1 Å². The first-order chi connectivity index (χ1) is 10.1. The number of rotatable bonds is 6. The smallest absolute Gasteiger partial charge is 0.221 e. The average Bonchev–Trinajstić information content (AvgIpc) is 2.95. The lowest BCUT2D eigenvalue weighted by molar-refractivity contribution is -0.121. The van der Waals surface area contributed by atoms with Gasteiger partial charge in [0, 0.05) is 30.1 Å². The fraction of sp³-hybridized carbons (Fsp3) is 0.562. The van der Waals surface area contributed by atoms with Gasteiger partial charge in [-0.3, -0.25) is 4.79 Å². The molecule has 5 heteroatoms. The van der Waals surface area contributed by atoms with Gasteiger partial charge < -0.3 is 15.4 Å². The second kappa shape index (κ2) is 7.55. The van der Waals surface area contributed by atoms with Crippen LogP contribution in [0.4, 0.5) is 5.69 Å². The Bertz CT molecular complexity index is 499. The summed E-state index contributed by atoms with van der Waals surface area (Å²) in [6, 6.07) is 4.11. The molecule has 0 atom stereocenters. The van der Waals surface area contributed by atoms with Crippen molar-refractivity contribution in [3.8, 4) is 5.75 Å². The minimum absolute atomic E-state index is 0.110. The van der Waals surface area contributed by atoms with Gasteiger partial charge in [-0.25, -0.2) is 0 Å². The van der Waals surface area contributed by atoms with E-state index in [2.05, 4.69) is 10.6 Å². The maximum absolute atomic E-state index is 11.9. The van der Waals surface area contributed by atoms with Crippen LogP contribution >= 0.6 is 11.6 Å². The molecule has 1 aromatic rings. The van der Waals surface area contributed by atoms with E-state index in [0.717, 1.165) is 24.1 Å². The van der Waals surface area contributed by atoms with Crippen molar-refractivity contribution in [1.82, 2.24) is 5.32 Å². The van der Waals surface area contributed by atoms with Crippen LogP contribution in [0.1, 0.15) is 37.7 Å². The van der Waals surface area contributed by atoms with Crippen LogP contribution in [0.2, 0.25) is 5.02 Å². The summed E-state index contributed by atoms with van der Waals surface area (Å²) in [7, 11) is 1.61. The summed E-state index contributed by atoms with van der Waals surface area (Å²) in [5.74, 6) is 0.806. The third kappa shape index (κ3) is 4.53. The minimum Gasteiger partial charge on any atom is -0.495 e. The number of carbonyl (C=O) groups excluding carboxylic acids is 1. The Morgan fingerprint density at radius 2 is 2.10 bits per heavy atom. The van der Waals surface area contributed by atoms with Gasteiger partial charge in [0.05, 0.1) is 12.8 Å². The van der Waals surface area contributed by atoms with Gasteiger partial charge in [0.1, 0.15) is 5.75 Å². The van der Waals surface area contributed by atoms with Crippen LogP contribution in [0.25, 0.3) is 0 Å². The van der Waals surface area contributed by atoms with Crippen molar-refractivity contribution < 1.29 is 9.53 Å². The topological polar surface area (TPSA) is 50.4 Å². The van der Waals surface area contributed by atoms with Crippen LogP contribution in [0, 0.1) is 6.92 Å². The van der Waals surface area contributed by atoms with E-state index in [4.69, 9.17) is 16.3 Å². The van der Waals surface area contributed by atoms with Crippen LogP contribution in [0.3, 0.4) is 0 Å². The van der Waals surface area contributed by atoms with Gasteiger partial charge in [0.2, 0.25) is 5.91 Å². The molecule has 116 valence electrons. The minimum atomic E-state index is 0.110. The number of amides is 1. The molecular weight excluding hydrogens is 288 g/mol. The summed E-state index contributed by atoms with van der Waals surface area (Å²) < 4.78 is 5.30. The molecule has 0 aromatic heterocycles. The van der Waals surface area contributed by atoms with E-state index in [1.54, 1.807) is 13.2 Å². The largest absolute Gasteiger partial charge is 0.495 e. The number of nitrogens with one attached hydrogen (secondary N) is 2. The van der Waals surface area contributed by atoms with Gasteiger partial charge in [-0.15, -0.1) is 0 Å². The number of carbonyl (C=O) groups is 1. The van der Waals surface area contributed by atoms with E-state index in [0.29, 0.717) is 29.8 Å². The highest BCUT2D eigenvalue weighted by Gasteiger charge is 2.16. The number of benzene rings is 1. The molecule has 0 radical (unpaired) electrons. The molecular formula is C16H23ClN2O2. The summed E-state index contributed by atoms with van der Waals surface area (Å²) in [5, 5.41) is 7.00. The lowest BCUT2D eigenvalue weighted by Crippen LogP contribution is -2.33. The van der Waals surface area contributed by atoms with E-state index < -0.39 is 0 Å². The summed E-state index contributed by atoms with van der Waals surface area (Å²) in [6.45, 7) is 2.52. The molecule has 0 spiro atoms. The van der Waals surface area contributed by atoms with E-state index in [9.17, 15) is 4.79 Å². The van der Waals surface area contributed by atoms with Gasteiger partial charge in [-0.1, -0.05) is 24.4 Å². The van der Waals surface area contributed by atoms with E-state index in [-0.39, 0.29) is 5.91 Å². The Labute approximate surface area is 131 Å². The van der Waals surface area contributed by atoms with E-state index >= 15 is 0 Å². The van der Waals surface area contributed by atoms with Crippen LogP contribution in [-0.2, 0) is 4.79 Å². The van der Waals surface area contributed by atoms with Crippen molar-refractivity contribution >= 4 is 23.2 Å². The zero-order valence-electron chi connectivity index (χ0n) is 12.7. The number of ether oxygens (including phenoxy) is 1. The normalized spacial score (nSPS) is 15.0. The third-order valence-electron chi connectivity index (χ3n) is 3.87. The predicted octanol–water partition coefficient (Wildman–Crippen LogP) is 3.52. The number of methoxy groups -OCH3 is 1. The SMILES string of the molecule is COc1cc(Cl)c(C)cc1NCCC(=O)NC1CCCC1. The highest BCUT2D eigenvalue weighted by Crippen LogP contribution is 2.30. The first kappa shape index (κ1) is 16.0. The van der Waals surface area contributed by atoms with Crippen molar-refractivity contribution in [2.24, 2.45) is 0 Å². The average molecular weight is 311 g/mol. The first-order valence-corrected chi connectivity index (χ1v) is 7.85. The zero-order chi connectivity index (χ0) is 15.2. The van der Waals surface area contributed by atoms with Crippen molar-refractivity contribution in [2.45, 2.75) is 45.1 Å². The summed E-state index contributed by atoms with van der Waals surface area (Å²) in [4.78, 5) is 11.9. The molecule has 1 saturated carbocycles. The molecule has 1 fully saturated rings. The van der Waals surface area contributed by atoms with E-state index in [1.807, 2.05) is 13.0 Å². The van der Waals surface area contributed by atoms with Crippen molar-refractivity contribution in [3.63, 3.8) is 0 Å². The second-order valence-electron chi connectivity index (χ2n) is 5.53. The quantitative estimate of drug-likeness (QED) is 0.845. The van der Waals surface area contributed by atoms with Gasteiger partial charge >= 0.3 is 0 Å². The third-order valence-corrected chi connectivity index (χ3v) is 4.28. The van der Waals surface area contributed by atoms with Crippen molar-refractivity contribution in [1.29, 1.82) is 0 Å². The van der Waals surface area contributed by atoms with E-state index in [1.165, 1.54) is 12.8 Å². The Kier molecular flexibility index (Phi) is 5.74. The molecule has 4 nitrogen and oxygen atoms in total. The Balaban J connectivity index is 1.82. The highest BCUT2D eigenvalue weighted by atomic mass is 35.5. The molecule has 1 aliphatic rings. The fourth-order valence-electron chi connectivity index (χ4n) is 2.65. The van der Waals surface area contributed by atoms with Gasteiger partial charge in [-0.05, 0) is 31.4 Å². The maximum Gasteiger partial charge on any atom is 0.221 e. The standard InChI is InChI=1S/C16H23ClN2O2/c1-11-9-14(15(21-2)10-13(11)17)18-8-7-16(20)19-12-5-3-4-6-12/h9-10,12,18H,3-8H2,1-2H3,(H,19,20). The molecule has 0 heterocycles. The lowest BCUT2D eigenvalue weighted by atomic mass is 10.2. The van der Waals surface area contributed by atoms with Crippen LogP contribution in [-0.4, -0.2) is 25.6 Å². The Hall–Kier alpha value is -1.42. The fourth-order valence-corrected chi connectivity index (χ4v) is 2.80. The number of halogens is 1. The number of anilines is 1. The molecule has 0 saturated heterocycles. The molecule has 0 bridgehead atoms. The molecule has 1 aromatic carbocycles. The molecule has 1 amide bonds. The summed E-state index contributed by atoms with van der Waals surface area (Å²) in [6.07, 6.45) is 5.14. The molecule has 21 heavy (non-hydrogen) atoms. The zero-order valence-corrected chi connectivity index (χ0v) is 13.4. The predicted molar refractivity (Wildman–Crippen MR) is 86.2 cm³/mol. The van der Waals surface area contributed by atoms with Crippen LogP contribution in [0.5, 0.6) is 5.75 Å². The van der Waals surface area contributed by atoms with Gasteiger partial charge in [-0.2, -0.15) is 0 Å². The molecule has 2 N–H and O–H groups in total. The highest BCUT2D eigenvalue weighted by molar-refractivity contribution is 6.31. The van der Waals surface area contributed by atoms with Gasteiger partial charge in [0.15, 0.2) is 0 Å². The molecule has 0 unspecified atom stereocenters. The Morgan fingerprint density at radius 1 is 1.38 bits per heavy atom. The molecule has 0 aliphatic heterocycles. The number of hydrogen-bond acceptors (Lipinski definition) is 3. The van der Waals surface area contributed by atoms with Crippen LogP contribution < -0.4 is 15.4 Å². The summed E-state index contributed by atoms with van der Waals surface area (Å²) in [5.41, 5.74) is 1.85. The first-order valence-electron chi connectivity index (χ1n) is 7.47. The lowest BCUT2D eigenvalue weighted by Gasteiger charge is -2.14. The second-order valence-corrected chi connectivity index (χ2v) is 5.93.